The number of aryl methyl sites for hydroxylation is 1. The Bertz CT molecular complexity index is 581. The van der Waals surface area contributed by atoms with E-state index in [1.165, 1.54) is 16.3 Å². The second-order valence-corrected chi connectivity index (χ2v) is 7.04. The van der Waals surface area contributed by atoms with E-state index < -0.39 is 8.26 Å². The van der Waals surface area contributed by atoms with Gasteiger partial charge < -0.3 is 0 Å². The Morgan fingerprint density at radius 3 is 2.12 bits per heavy atom. The highest BCUT2D eigenvalue weighted by Crippen LogP contribution is 2.18. The van der Waals surface area contributed by atoms with Gasteiger partial charge in [-0.15, -0.1) is 0 Å². The Labute approximate surface area is 110 Å². The number of rotatable bonds is 1. The van der Waals surface area contributed by atoms with E-state index >= 15 is 0 Å². The highest BCUT2D eigenvalue weighted by molar-refractivity contribution is 8.31. The van der Waals surface area contributed by atoms with E-state index in [2.05, 4.69) is 70.8 Å². The van der Waals surface area contributed by atoms with Gasteiger partial charge in [0.2, 0.25) is 0 Å². The van der Waals surface area contributed by atoms with Crippen LogP contribution in [0.3, 0.4) is 0 Å². The predicted molar refractivity (Wildman–Crippen MR) is 74.0 cm³/mol. The number of hydrogen-bond donors (Lipinski definition) is 0. The maximum Gasteiger partial charge on any atom is 0.317 e. The molecule has 0 aliphatic heterocycles. The Hall–Kier alpha value is -0.770. The largest absolute Gasteiger partial charge is 0.317 e. The molecule has 0 aliphatic carbocycles. The third-order valence-corrected chi connectivity index (χ3v) is 2.26. The van der Waals surface area contributed by atoms with Crippen molar-refractivity contribution in [2.45, 2.75) is 13.3 Å². The molecule has 2 aromatic rings. The Morgan fingerprint density at radius 1 is 1.00 bits per heavy atom. The first-order valence-corrected chi connectivity index (χ1v) is 8.16. The van der Waals surface area contributed by atoms with Crippen LogP contribution in [-0.2, 0) is 14.7 Å². The lowest BCUT2D eigenvalue weighted by Crippen LogP contribution is -1.81. The first-order valence-electron chi connectivity index (χ1n) is 5.02. The molecule has 0 aromatic heterocycles. The summed E-state index contributed by atoms with van der Waals surface area (Å²) in [6.45, 7) is 2.20. The molecule has 0 bridgehead atoms. The van der Waals surface area contributed by atoms with Crippen molar-refractivity contribution in [3.63, 3.8) is 0 Å². The third kappa shape index (κ3) is 5.39. The topological polar surface area (TPSA) is 34.1 Å². The monoisotopic (exact) mass is 290 g/mol. The van der Waals surface area contributed by atoms with Gasteiger partial charge in [0.1, 0.15) is 0 Å². The molecular formula is C12H12Cl2O2S. The van der Waals surface area contributed by atoms with Crippen LogP contribution in [0.5, 0.6) is 0 Å². The SMILES string of the molecule is CCc1cccc2ccccc12.O=S(=O)(Cl)Cl. The van der Waals surface area contributed by atoms with Gasteiger partial charge in [0.25, 0.3) is 0 Å². The summed E-state index contributed by atoms with van der Waals surface area (Å²) in [5.74, 6) is 0. The Balaban J connectivity index is 0.000000249. The molecular weight excluding hydrogens is 279 g/mol. The zero-order chi connectivity index (χ0) is 12.9. The third-order valence-electron chi connectivity index (χ3n) is 2.26. The highest BCUT2D eigenvalue weighted by atomic mass is 36.0. The molecule has 92 valence electrons. The van der Waals surface area contributed by atoms with Crippen LogP contribution in [0.4, 0.5) is 0 Å². The number of fused-ring (bicyclic) bond motifs is 1. The molecule has 0 heterocycles. The molecule has 2 aromatic carbocycles. The van der Waals surface area contributed by atoms with Gasteiger partial charge in [-0.3, -0.25) is 0 Å². The first kappa shape index (κ1) is 14.3. The lowest BCUT2D eigenvalue weighted by molar-refractivity contribution is 0.621. The van der Waals surface area contributed by atoms with Crippen molar-refractivity contribution in [3.05, 3.63) is 48.0 Å². The van der Waals surface area contributed by atoms with Crippen molar-refractivity contribution in [1.82, 2.24) is 0 Å². The smallest absolute Gasteiger partial charge is 0.195 e. The fraction of sp³-hybridized carbons (Fsp3) is 0.167. The molecule has 0 N–H and O–H groups in total. The van der Waals surface area contributed by atoms with Gasteiger partial charge in [0.05, 0.1) is 0 Å². The molecule has 0 aliphatic rings. The molecule has 0 radical (unpaired) electrons. The average Bonchev–Trinajstić information content (AvgIpc) is 2.26. The summed E-state index contributed by atoms with van der Waals surface area (Å²) in [6.07, 6.45) is 1.11. The van der Waals surface area contributed by atoms with Gasteiger partial charge >= 0.3 is 8.26 Å². The normalized spacial score (nSPS) is 10.8. The quantitative estimate of drug-likeness (QED) is 0.741. The number of halogens is 2. The lowest BCUT2D eigenvalue weighted by atomic mass is 10.0. The Morgan fingerprint density at radius 2 is 1.53 bits per heavy atom. The van der Waals surface area contributed by atoms with Gasteiger partial charge in [0, 0.05) is 21.4 Å². The maximum absolute atomic E-state index is 9.16. The van der Waals surface area contributed by atoms with Crippen molar-refractivity contribution < 1.29 is 8.42 Å². The fourth-order valence-corrected chi connectivity index (χ4v) is 1.60. The van der Waals surface area contributed by atoms with Crippen LogP contribution in [-0.4, -0.2) is 8.42 Å². The summed E-state index contributed by atoms with van der Waals surface area (Å²) in [5.41, 5.74) is 1.44. The molecule has 0 saturated carbocycles. The van der Waals surface area contributed by atoms with Crippen molar-refractivity contribution in [2.24, 2.45) is 0 Å². The molecule has 0 saturated heterocycles. The van der Waals surface area contributed by atoms with Crippen molar-refractivity contribution >= 4 is 40.4 Å². The van der Waals surface area contributed by atoms with Crippen molar-refractivity contribution in [2.75, 3.05) is 0 Å². The van der Waals surface area contributed by atoms with Crippen LogP contribution >= 0.6 is 21.4 Å². The summed E-state index contributed by atoms with van der Waals surface area (Å²) in [7, 11) is 4.81. The van der Waals surface area contributed by atoms with Crippen LogP contribution in [0.1, 0.15) is 12.5 Å². The molecule has 5 heteroatoms. The molecule has 0 spiro atoms. The van der Waals surface area contributed by atoms with Crippen LogP contribution < -0.4 is 0 Å². The lowest BCUT2D eigenvalue weighted by Gasteiger charge is -2.02. The highest BCUT2D eigenvalue weighted by Gasteiger charge is 1.95. The minimum Gasteiger partial charge on any atom is -0.195 e. The van der Waals surface area contributed by atoms with Gasteiger partial charge in [-0.25, -0.2) is 0 Å². The average molecular weight is 291 g/mol. The van der Waals surface area contributed by atoms with E-state index in [1.807, 2.05) is 0 Å². The van der Waals surface area contributed by atoms with Crippen molar-refractivity contribution in [3.8, 4) is 0 Å². The second-order valence-electron chi connectivity index (χ2n) is 3.37. The molecule has 0 unspecified atom stereocenters. The van der Waals surface area contributed by atoms with Crippen molar-refractivity contribution in [1.29, 1.82) is 0 Å². The zero-order valence-corrected chi connectivity index (χ0v) is 11.6. The minimum atomic E-state index is -3.72. The van der Waals surface area contributed by atoms with Gasteiger partial charge in [0.15, 0.2) is 0 Å². The molecule has 17 heavy (non-hydrogen) atoms. The van der Waals surface area contributed by atoms with Gasteiger partial charge in [-0.2, -0.15) is 8.42 Å². The molecule has 2 nitrogen and oxygen atoms in total. The second kappa shape index (κ2) is 6.24. The zero-order valence-electron chi connectivity index (χ0n) is 9.23. The molecule has 0 amide bonds. The maximum atomic E-state index is 9.16. The van der Waals surface area contributed by atoms with E-state index in [0.717, 1.165) is 6.42 Å². The van der Waals surface area contributed by atoms with Gasteiger partial charge in [-0.05, 0) is 22.8 Å². The van der Waals surface area contributed by atoms with E-state index in [4.69, 9.17) is 8.42 Å². The summed E-state index contributed by atoms with van der Waals surface area (Å²) in [4.78, 5) is 0. The molecule has 0 fully saturated rings. The van der Waals surface area contributed by atoms with Crippen LogP contribution in [0.25, 0.3) is 10.8 Å². The van der Waals surface area contributed by atoms with E-state index in [0.29, 0.717) is 0 Å². The van der Waals surface area contributed by atoms with E-state index in [-0.39, 0.29) is 0 Å². The summed E-state index contributed by atoms with van der Waals surface area (Å²) in [5, 5.41) is 2.74. The summed E-state index contributed by atoms with van der Waals surface area (Å²) in [6, 6.07) is 15.0. The van der Waals surface area contributed by atoms with E-state index in [1.54, 1.807) is 0 Å². The molecule has 0 atom stereocenters. The molecule has 2 rings (SSSR count). The minimum absolute atomic E-state index is 1.11. The summed E-state index contributed by atoms with van der Waals surface area (Å²) < 4.78 is 18.3. The van der Waals surface area contributed by atoms with Crippen LogP contribution in [0, 0.1) is 0 Å². The predicted octanol–water partition coefficient (Wildman–Crippen LogP) is 4.11. The standard InChI is InChI=1S/C12H12.Cl2O2S/c1-2-10-7-5-8-11-6-3-4-9-12(10)11;1-5(2,3)4/h3-9H,2H2,1H3;. The number of hydrogen-bond acceptors (Lipinski definition) is 2. The fourth-order valence-electron chi connectivity index (χ4n) is 1.60. The van der Waals surface area contributed by atoms with E-state index in [9.17, 15) is 0 Å². The van der Waals surface area contributed by atoms with Crippen LogP contribution in [0.15, 0.2) is 42.5 Å². The van der Waals surface area contributed by atoms with Crippen LogP contribution in [0.2, 0.25) is 0 Å². The van der Waals surface area contributed by atoms with Gasteiger partial charge in [-0.1, -0.05) is 49.4 Å². The summed E-state index contributed by atoms with van der Waals surface area (Å²) >= 11 is 0. The first-order chi connectivity index (χ1) is 7.92. The Kier molecular flexibility index (Phi) is 5.25. The number of benzene rings is 2.